The number of aryl methyl sites for hydroxylation is 1. The number of nitrogens with two attached hydrogens (primary N) is 1. The SMILES string of the molecule is CCn1ncc2c(NC3CCOCC3)c(C(=O)NN)cnc21.Cl. The summed E-state index contributed by atoms with van der Waals surface area (Å²) in [5.41, 5.74) is 4.09. The van der Waals surface area contributed by atoms with Crippen LogP contribution in [0.15, 0.2) is 12.4 Å². The van der Waals surface area contributed by atoms with Crippen molar-refractivity contribution in [3.63, 3.8) is 0 Å². The Morgan fingerprint density at radius 3 is 2.83 bits per heavy atom. The molecule has 2 aromatic rings. The van der Waals surface area contributed by atoms with Gasteiger partial charge in [-0.2, -0.15) is 5.10 Å². The summed E-state index contributed by atoms with van der Waals surface area (Å²) in [6.07, 6.45) is 5.08. The second-order valence-electron chi connectivity index (χ2n) is 5.25. The van der Waals surface area contributed by atoms with Crippen molar-refractivity contribution in [2.24, 2.45) is 5.84 Å². The van der Waals surface area contributed by atoms with Gasteiger partial charge in [0.1, 0.15) is 0 Å². The first kappa shape index (κ1) is 17.5. The lowest BCUT2D eigenvalue weighted by Crippen LogP contribution is -2.33. The minimum absolute atomic E-state index is 0. The van der Waals surface area contributed by atoms with Crippen molar-refractivity contribution < 1.29 is 9.53 Å². The number of nitrogens with zero attached hydrogens (tertiary/aromatic N) is 3. The van der Waals surface area contributed by atoms with Gasteiger partial charge in [0, 0.05) is 32.0 Å². The molecule has 1 aliphatic heterocycles. The Balaban J connectivity index is 0.00000192. The number of nitrogen functional groups attached to an aromatic ring is 1. The fourth-order valence-corrected chi connectivity index (χ4v) is 2.71. The zero-order valence-electron chi connectivity index (χ0n) is 12.9. The molecule has 3 heterocycles. The first-order chi connectivity index (χ1) is 10.7. The van der Waals surface area contributed by atoms with Crippen molar-refractivity contribution in [2.45, 2.75) is 32.4 Å². The number of halogens is 1. The summed E-state index contributed by atoms with van der Waals surface area (Å²) in [6, 6.07) is 0.258. The lowest BCUT2D eigenvalue weighted by atomic mass is 10.1. The Hall–Kier alpha value is -1.90. The molecule has 1 saturated heterocycles. The molecule has 0 radical (unpaired) electrons. The molecule has 9 heteroatoms. The number of nitrogens with one attached hydrogen (secondary N) is 2. The quantitative estimate of drug-likeness (QED) is 0.436. The minimum Gasteiger partial charge on any atom is -0.381 e. The number of hydrogen-bond acceptors (Lipinski definition) is 6. The molecule has 0 aromatic carbocycles. The zero-order chi connectivity index (χ0) is 15.5. The van der Waals surface area contributed by atoms with Crippen molar-refractivity contribution in [3.8, 4) is 0 Å². The number of fused-ring (bicyclic) bond motifs is 1. The molecule has 1 amide bonds. The Kier molecular flexibility index (Phi) is 5.75. The molecule has 126 valence electrons. The Morgan fingerprint density at radius 2 is 2.17 bits per heavy atom. The Bertz CT molecular complexity index is 683. The van der Waals surface area contributed by atoms with Crippen LogP contribution >= 0.6 is 12.4 Å². The number of hydrogen-bond donors (Lipinski definition) is 3. The highest BCUT2D eigenvalue weighted by Crippen LogP contribution is 2.28. The van der Waals surface area contributed by atoms with Crippen LogP contribution in [-0.2, 0) is 11.3 Å². The molecule has 0 atom stereocenters. The normalized spacial score (nSPS) is 15.2. The zero-order valence-corrected chi connectivity index (χ0v) is 13.7. The van der Waals surface area contributed by atoms with Crippen LogP contribution < -0.4 is 16.6 Å². The number of aromatic nitrogens is 3. The van der Waals surface area contributed by atoms with Crippen LogP contribution in [0.5, 0.6) is 0 Å². The summed E-state index contributed by atoms with van der Waals surface area (Å²) in [5, 5.41) is 8.60. The number of carbonyl (C=O) groups excluding carboxylic acids is 1. The van der Waals surface area contributed by atoms with Gasteiger partial charge in [-0.15, -0.1) is 12.4 Å². The van der Waals surface area contributed by atoms with Crippen molar-refractivity contribution in [1.29, 1.82) is 0 Å². The number of carbonyl (C=O) groups is 1. The largest absolute Gasteiger partial charge is 0.381 e. The van der Waals surface area contributed by atoms with Crippen LogP contribution in [0.2, 0.25) is 0 Å². The van der Waals surface area contributed by atoms with E-state index in [9.17, 15) is 4.79 Å². The van der Waals surface area contributed by atoms with E-state index in [1.165, 1.54) is 0 Å². The highest BCUT2D eigenvalue weighted by molar-refractivity contribution is 6.06. The van der Waals surface area contributed by atoms with Crippen molar-refractivity contribution in [1.82, 2.24) is 20.2 Å². The number of amides is 1. The summed E-state index contributed by atoms with van der Waals surface area (Å²) in [5.74, 6) is 4.92. The van der Waals surface area contributed by atoms with Crippen molar-refractivity contribution >= 4 is 35.0 Å². The highest BCUT2D eigenvalue weighted by atomic mass is 35.5. The average molecular weight is 341 g/mol. The number of hydrazine groups is 1. The Labute approximate surface area is 140 Å². The lowest BCUT2D eigenvalue weighted by molar-refractivity contribution is 0.0904. The molecular formula is C14H21ClN6O2. The van der Waals surface area contributed by atoms with Crippen molar-refractivity contribution in [3.05, 3.63) is 18.0 Å². The van der Waals surface area contributed by atoms with E-state index in [0.717, 1.165) is 49.3 Å². The second kappa shape index (κ2) is 7.58. The van der Waals surface area contributed by atoms with E-state index in [2.05, 4.69) is 20.8 Å². The van der Waals surface area contributed by atoms with Crippen LogP contribution in [-0.4, -0.2) is 39.9 Å². The summed E-state index contributed by atoms with van der Waals surface area (Å²) >= 11 is 0. The summed E-state index contributed by atoms with van der Waals surface area (Å²) in [4.78, 5) is 16.4. The van der Waals surface area contributed by atoms with E-state index in [1.807, 2.05) is 6.92 Å². The van der Waals surface area contributed by atoms with Gasteiger partial charge in [-0.3, -0.25) is 10.2 Å². The molecule has 0 unspecified atom stereocenters. The van der Waals surface area contributed by atoms with Gasteiger partial charge < -0.3 is 10.1 Å². The van der Waals surface area contributed by atoms with E-state index in [0.29, 0.717) is 5.56 Å². The van der Waals surface area contributed by atoms with Crippen LogP contribution in [0.25, 0.3) is 11.0 Å². The van der Waals surface area contributed by atoms with E-state index >= 15 is 0 Å². The molecule has 23 heavy (non-hydrogen) atoms. The maximum atomic E-state index is 12.0. The highest BCUT2D eigenvalue weighted by Gasteiger charge is 2.21. The van der Waals surface area contributed by atoms with E-state index < -0.39 is 0 Å². The molecule has 1 aliphatic rings. The molecule has 3 rings (SSSR count). The van der Waals surface area contributed by atoms with Crippen LogP contribution in [0, 0.1) is 0 Å². The summed E-state index contributed by atoms with van der Waals surface area (Å²) in [6.45, 7) is 4.16. The van der Waals surface area contributed by atoms with Gasteiger partial charge in [0.15, 0.2) is 5.65 Å². The van der Waals surface area contributed by atoms with Gasteiger partial charge in [-0.1, -0.05) is 0 Å². The van der Waals surface area contributed by atoms with Gasteiger partial charge in [0.2, 0.25) is 0 Å². The smallest absolute Gasteiger partial charge is 0.268 e. The fraction of sp³-hybridized carbons (Fsp3) is 0.500. The number of anilines is 1. The van der Waals surface area contributed by atoms with E-state index in [-0.39, 0.29) is 24.4 Å². The van der Waals surface area contributed by atoms with Gasteiger partial charge in [0.25, 0.3) is 5.91 Å². The molecule has 4 N–H and O–H groups in total. The van der Waals surface area contributed by atoms with Gasteiger partial charge in [-0.25, -0.2) is 15.5 Å². The first-order valence-electron chi connectivity index (χ1n) is 7.44. The minimum atomic E-state index is -0.367. The van der Waals surface area contributed by atoms with Crippen LogP contribution in [0.3, 0.4) is 0 Å². The molecule has 2 aromatic heterocycles. The number of rotatable bonds is 4. The molecular weight excluding hydrogens is 320 g/mol. The fourth-order valence-electron chi connectivity index (χ4n) is 2.71. The number of pyridine rings is 1. The molecule has 8 nitrogen and oxygen atoms in total. The first-order valence-corrected chi connectivity index (χ1v) is 7.44. The van der Waals surface area contributed by atoms with E-state index in [4.69, 9.17) is 10.6 Å². The Morgan fingerprint density at radius 1 is 1.43 bits per heavy atom. The summed E-state index contributed by atoms with van der Waals surface area (Å²) in [7, 11) is 0. The maximum Gasteiger partial charge on any atom is 0.268 e. The van der Waals surface area contributed by atoms with Gasteiger partial charge in [0.05, 0.1) is 22.8 Å². The monoisotopic (exact) mass is 340 g/mol. The average Bonchev–Trinajstić information content (AvgIpc) is 2.99. The lowest BCUT2D eigenvalue weighted by Gasteiger charge is -2.25. The topological polar surface area (TPSA) is 107 Å². The standard InChI is InChI=1S/C14H20N6O2.ClH/c1-2-20-13-10(8-17-20)12(11(7-16-13)14(21)19-15)18-9-3-5-22-6-4-9;/h7-9H,2-6,15H2,1H3,(H,16,18)(H,19,21);1H. The third-order valence-corrected chi connectivity index (χ3v) is 3.91. The number of ether oxygens (including phenoxy) is 1. The van der Waals surface area contributed by atoms with E-state index in [1.54, 1.807) is 17.1 Å². The third kappa shape index (κ3) is 3.39. The molecule has 0 spiro atoms. The second-order valence-corrected chi connectivity index (χ2v) is 5.25. The van der Waals surface area contributed by atoms with Crippen LogP contribution in [0.4, 0.5) is 5.69 Å². The predicted molar refractivity (Wildman–Crippen MR) is 89.6 cm³/mol. The summed E-state index contributed by atoms with van der Waals surface area (Å²) < 4.78 is 7.18. The molecule has 0 aliphatic carbocycles. The molecule has 0 bridgehead atoms. The maximum absolute atomic E-state index is 12.0. The van der Waals surface area contributed by atoms with Crippen LogP contribution in [0.1, 0.15) is 30.1 Å². The van der Waals surface area contributed by atoms with Crippen molar-refractivity contribution in [2.75, 3.05) is 18.5 Å². The van der Waals surface area contributed by atoms with Gasteiger partial charge in [-0.05, 0) is 19.8 Å². The predicted octanol–water partition coefficient (Wildman–Crippen LogP) is 1.07. The molecule has 1 fully saturated rings. The third-order valence-electron chi connectivity index (χ3n) is 3.91. The van der Waals surface area contributed by atoms with Gasteiger partial charge >= 0.3 is 0 Å². The molecule has 0 saturated carbocycles.